The molecule has 37 heavy (non-hydrogen) atoms. The summed E-state index contributed by atoms with van der Waals surface area (Å²) in [6.45, 7) is 12.7. The highest BCUT2D eigenvalue weighted by atomic mass is 16.7. The lowest BCUT2D eigenvalue weighted by Gasteiger charge is -2.29. The third-order valence-corrected chi connectivity index (χ3v) is 9.11. The second-order valence-corrected chi connectivity index (χ2v) is 13.1. The van der Waals surface area contributed by atoms with E-state index in [9.17, 15) is 0 Å². The Labute approximate surface area is 234 Å². The van der Waals surface area contributed by atoms with Gasteiger partial charge in [-0.2, -0.15) is 0 Å². The summed E-state index contributed by atoms with van der Waals surface area (Å²) in [5.41, 5.74) is 0. The molecule has 0 aromatic heterocycles. The van der Waals surface area contributed by atoms with Crippen molar-refractivity contribution in [3.05, 3.63) is 0 Å². The molecule has 2 nitrogen and oxygen atoms in total. The normalized spacial score (nSPS) is 19.5. The lowest BCUT2D eigenvalue weighted by atomic mass is 9.92. The highest BCUT2D eigenvalue weighted by Gasteiger charge is 2.20. The molecule has 0 aromatic carbocycles. The van der Waals surface area contributed by atoms with Crippen molar-refractivity contribution < 1.29 is 9.47 Å². The summed E-state index contributed by atoms with van der Waals surface area (Å²) >= 11 is 0. The van der Waals surface area contributed by atoms with Crippen LogP contribution in [0.4, 0.5) is 0 Å². The Morgan fingerprint density at radius 1 is 0.568 bits per heavy atom. The lowest BCUT2D eigenvalue weighted by molar-refractivity contribution is -0.193. The van der Waals surface area contributed by atoms with Gasteiger partial charge in [0.25, 0.3) is 0 Å². The summed E-state index contributed by atoms with van der Waals surface area (Å²) in [7, 11) is 0. The molecule has 0 bridgehead atoms. The van der Waals surface area contributed by atoms with Crippen molar-refractivity contribution in [1.82, 2.24) is 0 Å². The van der Waals surface area contributed by atoms with Crippen LogP contribution >= 0.6 is 0 Å². The molecule has 1 aliphatic heterocycles. The van der Waals surface area contributed by atoms with E-state index in [2.05, 4.69) is 34.6 Å². The highest BCUT2D eigenvalue weighted by Crippen LogP contribution is 2.24. The van der Waals surface area contributed by atoms with E-state index in [1.807, 2.05) is 0 Å². The maximum absolute atomic E-state index is 6.16. The first-order chi connectivity index (χ1) is 18.0. The molecule has 0 N–H and O–H groups in total. The van der Waals surface area contributed by atoms with E-state index >= 15 is 0 Å². The van der Waals surface area contributed by atoms with Gasteiger partial charge in [-0.25, -0.2) is 0 Å². The minimum absolute atomic E-state index is 0.0536. The summed E-state index contributed by atoms with van der Waals surface area (Å²) in [5, 5.41) is 0. The predicted molar refractivity (Wildman–Crippen MR) is 164 cm³/mol. The van der Waals surface area contributed by atoms with Crippen molar-refractivity contribution in [1.29, 1.82) is 0 Å². The standard InChI is InChI=1S/C35H70O2/c1-6-7-8-9-10-11-12-13-15-18-24-31(2)25-19-16-14-17-20-26-32(3)27-23-28-33(4)34(5)37-35-29-21-22-30-36-35/h31-35H,6-30H2,1-5H3/t31?,32-,33-,34?,35?/m0/s1. The molecule has 2 heteroatoms. The first-order valence-corrected chi connectivity index (χ1v) is 17.3. The van der Waals surface area contributed by atoms with Crippen molar-refractivity contribution in [2.24, 2.45) is 17.8 Å². The van der Waals surface area contributed by atoms with Crippen LogP contribution in [0.2, 0.25) is 0 Å². The molecular weight excluding hydrogens is 452 g/mol. The number of rotatable bonds is 26. The number of unbranched alkanes of at least 4 members (excludes halogenated alkanes) is 13. The molecule has 0 saturated carbocycles. The molecular formula is C35H70O2. The van der Waals surface area contributed by atoms with E-state index in [0.29, 0.717) is 12.0 Å². The van der Waals surface area contributed by atoms with Crippen LogP contribution in [0, 0.1) is 17.8 Å². The molecule has 0 radical (unpaired) electrons. The van der Waals surface area contributed by atoms with Crippen LogP contribution in [0.25, 0.3) is 0 Å². The van der Waals surface area contributed by atoms with Gasteiger partial charge < -0.3 is 9.47 Å². The Balaban J connectivity index is 1.84. The molecule has 0 amide bonds. The third-order valence-electron chi connectivity index (χ3n) is 9.11. The van der Waals surface area contributed by atoms with Crippen molar-refractivity contribution >= 4 is 0 Å². The molecule has 1 heterocycles. The van der Waals surface area contributed by atoms with E-state index < -0.39 is 0 Å². The van der Waals surface area contributed by atoms with E-state index in [0.717, 1.165) is 24.9 Å². The van der Waals surface area contributed by atoms with Gasteiger partial charge in [-0.1, -0.05) is 156 Å². The first kappa shape index (κ1) is 34.9. The Morgan fingerprint density at radius 2 is 1.03 bits per heavy atom. The van der Waals surface area contributed by atoms with Gasteiger partial charge in [0, 0.05) is 6.61 Å². The molecule has 3 unspecified atom stereocenters. The van der Waals surface area contributed by atoms with Gasteiger partial charge in [-0.3, -0.25) is 0 Å². The van der Waals surface area contributed by atoms with Gasteiger partial charge in [0.15, 0.2) is 6.29 Å². The van der Waals surface area contributed by atoms with E-state index in [1.54, 1.807) is 0 Å². The Hall–Kier alpha value is -0.0800. The third kappa shape index (κ3) is 21.4. The van der Waals surface area contributed by atoms with E-state index in [1.165, 1.54) is 148 Å². The van der Waals surface area contributed by atoms with Crippen molar-refractivity contribution in [2.45, 2.75) is 201 Å². The van der Waals surface area contributed by atoms with Gasteiger partial charge in [0.05, 0.1) is 6.10 Å². The largest absolute Gasteiger partial charge is 0.353 e. The summed E-state index contributed by atoms with van der Waals surface area (Å²) < 4.78 is 11.9. The van der Waals surface area contributed by atoms with Crippen molar-refractivity contribution in [3.63, 3.8) is 0 Å². The highest BCUT2D eigenvalue weighted by molar-refractivity contribution is 4.66. The summed E-state index contributed by atoms with van der Waals surface area (Å²) in [5.74, 6) is 2.45. The van der Waals surface area contributed by atoms with Crippen LogP contribution in [-0.4, -0.2) is 19.0 Å². The topological polar surface area (TPSA) is 18.5 Å². The monoisotopic (exact) mass is 523 g/mol. The maximum Gasteiger partial charge on any atom is 0.157 e. The quantitative estimate of drug-likeness (QED) is 0.105. The van der Waals surface area contributed by atoms with Gasteiger partial charge in [0.1, 0.15) is 0 Å². The zero-order valence-corrected chi connectivity index (χ0v) is 26.4. The number of hydrogen-bond donors (Lipinski definition) is 0. The molecule has 5 atom stereocenters. The van der Waals surface area contributed by atoms with Gasteiger partial charge in [0.2, 0.25) is 0 Å². The minimum Gasteiger partial charge on any atom is -0.353 e. The fourth-order valence-corrected chi connectivity index (χ4v) is 6.00. The second-order valence-electron chi connectivity index (χ2n) is 13.1. The zero-order valence-electron chi connectivity index (χ0n) is 26.4. The van der Waals surface area contributed by atoms with Gasteiger partial charge >= 0.3 is 0 Å². The van der Waals surface area contributed by atoms with Crippen LogP contribution in [0.3, 0.4) is 0 Å². The summed E-state index contributed by atoms with van der Waals surface area (Å²) in [4.78, 5) is 0. The van der Waals surface area contributed by atoms with Crippen LogP contribution in [0.5, 0.6) is 0 Å². The molecule has 1 saturated heterocycles. The maximum atomic E-state index is 6.16. The fraction of sp³-hybridized carbons (Fsp3) is 1.00. The Kier molecular flexibility index (Phi) is 23.5. The van der Waals surface area contributed by atoms with Crippen LogP contribution in [0.15, 0.2) is 0 Å². The first-order valence-electron chi connectivity index (χ1n) is 17.3. The molecule has 0 spiro atoms. The predicted octanol–water partition coefficient (Wildman–Crippen LogP) is 12.0. The number of hydrogen-bond acceptors (Lipinski definition) is 2. The minimum atomic E-state index is 0.0536. The molecule has 1 aliphatic rings. The van der Waals surface area contributed by atoms with Crippen LogP contribution in [0.1, 0.15) is 189 Å². The van der Waals surface area contributed by atoms with Crippen LogP contribution < -0.4 is 0 Å². The van der Waals surface area contributed by atoms with Crippen molar-refractivity contribution in [3.8, 4) is 0 Å². The molecule has 0 aliphatic carbocycles. The van der Waals surface area contributed by atoms with E-state index in [4.69, 9.17) is 9.47 Å². The second kappa shape index (κ2) is 24.9. The molecule has 1 fully saturated rings. The smallest absolute Gasteiger partial charge is 0.157 e. The molecule has 222 valence electrons. The number of ether oxygens (including phenoxy) is 2. The SMILES string of the molecule is CCCCCCCCCCCCC(C)CCCCCCC[C@H](C)CCC[C@H](C)C(C)OC1CCCCO1. The Bertz CT molecular complexity index is 458. The van der Waals surface area contributed by atoms with Crippen molar-refractivity contribution in [2.75, 3.05) is 6.61 Å². The molecule has 0 aromatic rings. The lowest BCUT2D eigenvalue weighted by Crippen LogP contribution is -2.29. The Morgan fingerprint density at radius 3 is 1.49 bits per heavy atom. The van der Waals surface area contributed by atoms with E-state index in [-0.39, 0.29) is 6.29 Å². The van der Waals surface area contributed by atoms with Gasteiger partial charge in [-0.15, -0.1) is 0 Å². The fourth-order valence-electron chi connectivity index (χ4n) is 6.00. The molecule has 1 rings (SSSR count). The van der Waals surface area contributed by atoms with Crippen LogP contribution in [-0.2, 0) is 9.47 Å². The van der Waals surface area contributed by atoms with Gasteiger partial charge in [-0.05, 0) is 50.4 Å². The average molecular weight is 523 g/mol. The zero-order chi connectivity index (χ0) is 27.0. The summed E-state index contributed by atoms with van der Waals surface area (Å²) in [6.07, 6.45) is 34.1. The summed E-state index contributed by atoms with van der Waals surface area (Å²) in [6, 6.07) is 0. The average Bonchev–Trinajstić information content (AvgIpc) is 2.89.